The van der Waals surface area contributed by atoms with E-state index < -0.39 is 6.10 Å². The van der Waals surface area contributed by atoms with Gasteiger partial charge in [0.1, 0.15) is 5.75 Å². The molecule has 0 aromatic heterocycles. The number of nitrogens with two attached hydrogens (primary N) is 1. The third-order valence-electron chi connectivity index (χ3n) is 3.16. The predicted molar refractivity (Wildman–Crippen MR) is 77.1 cm³/mol. The molecule has 4 nitrogen and oxygen atoms in total. The lowest BCUT2D eigenvalue weighted by molar-refractivity contribution is -0.127. The van der Waals surface area contributed by atoms with Crippen LogP contribution in [0.1, 0.15) is 38.3 Å². The molecule has 106 valence electrons. The maximum absolute atomic E-state index is 11.9. The van der Waals surface area contributed by atoms with Crippen molar-refractivity contribution in [3.63, 3.8) is 0 Å². The average molecular weight is 264 g/mol. The van der Waals surface area contributed by atoms with E-state index in [2.05, 4.69) is 5.32 Å². The lowest BCUT2D eigenvalue weighted by Gasteiger charge is -2.19. The Kier molecular flexibility index (Phi) is 5.83. The summed E-state index contributed by atoms with van der Waals surface area (Å²) in [6.07, 6.45) is 0.390. The highest BCUT2D eigenvalue weighted by Gasteiger charge is 2.17. The van der Waals surface area contributed by atoms with Crippen LogP contribution >= 0.6 is 0 Å². The Labute approximate surface area is 115 Å². The molecule has 2 unspecified atom stereocenters. The zero-order chi connectivity index (χ0) is 14.4. The summed E-state index contributed by atoms with van der Waals surface area (Å²) in [5, 5.41) is 2.91. The molecule has 4 heteroatoms. The fraction of sp³-hybridized carbons (Fsp3) is 0.533. The van der Waals surface area contributed by atoms with Gasteiger partial charge in [-0.15, -0.1) is 0 Å². The minimum atomic E-state index is -0.513. The van der Waals surface area contributed by atoms with Crippen LogP contribution < -0.4 is 15.8 Å². The van der Waals surface area contributed by atoms with Crippen molar-refractivity contribution < 1.29 is 9.53 Å². The van der Waals surface area contributed by atoms with E-state index >= 15 is 0 Å². The van der Waals surface area contributed by atoms with Gasteiger partial charge in [0.2, 0.25) is 0 Å². The highest BCUT2D eigenvalue weighted by molar-refractivity contribution is 5.81. The molecule has 3 N–H and O–H groups in total. The second-order valence-corrected chi connectivity index (χ2v) is 4.88. The van der Waals surface area contributed by atoms with Crippen molar-refractivity contribution in [1.82, 2.24) is 5.32 Å². The van der Waals surface area contributed by atoms with Gasteiger partial charge in [0, 0.05) is 12.6 Å². The first kappa shape index (κ1) is 15.5. The van der Waals surface area contributed by atoms with Gasteiger partial charge in [-0.05, 0) is 44.4 Å². The van der Waals surface area contributed by atoms with Crippen LogP contribution in [0.2, 0.25) is 0 Å². The average Bonchev–Trinajstić information content (AvgIpc) is 2.40. The Balaban J connectivity index is 2.70. The van der Waals surface area contributed by atoms with Crippen LogP contribution in [0.4, 0.5) is 0 Å². The third kappa shape index (κ3) is 4.56. The minimum Gasteiger partial charge on any atom is -0.481 e. The van der Waals surface area contributed by atoms with Crippen molar-refractivity contribution in [2.75, 3.05) is 0 Å². The van der Waals surface area contributed by atoms with Gasteiger partial charge in [0.15, 0.2) is 6.10 Å². The van der Waals surface area contributed by atoms with Gasteiger partial charge in [0.25, 0.3) is 5.91 Å². The molecule has 1 amide bonds. The van der Waals surface area contributed by atoms with Crippen LogP contribution in [0.5, 0.6) is 5.75 Å². The smallest absolute Gasteiger partial charge is 0.260 e. The van der Waals surface area contributed by atoms with Gasteiger partial charge >= 0.3 is 0 Å². The minimum absolute atomic E-state index is 0.0908. The number of amides is 1. The largest absolute Gasteiger partial charge is 0.481 e. The number of carbonyl (C=O) groups excluding carboxylic acids is 1. The number of hydrogen-bond donors (Lipinski definition) is 2. The number of rotatable bonds is 6. The van der Waals surface area contributed by atoms with Gasteiger partial charge in [-0.1, -0.05) is 19.1 Å². The molecule has 0 heterocycles. The third-order valence-corrected chi connectivity index (χ3v) is 3.16. The summed E-state index contributed by atoms with van der Waals surface area (Å²) in [7, 11) is 0. The molecule has 0 fully saturated rings. The molecule has 1 rings (SSSR count). The zero-order valence-electron chi connectivity index (χ0n) is 12.2. The Morgan fingerprint density at radius 2 is 2.11 bits per heavy atom. The Morgan fingerprint density at radius 1 is 1.42 bits per heavy atom. The molecule has 0 aliphatic carbocycles. The number of benzene rings is 1. The molecule has 1 aromatic carbocycles. The van der Waals surface area contributed by atoms with Crippen LogP contribution in [0.25, 0.3) is 0 Å². The maximum atomic E-state index is 11.9. The zero-order valence-corrected chi connectivity index (χ0v) is 12.2. The monoisotopic (exact) mass is 264 g/mol. The fourth-order valence-electron chi connectivity index (χ4n) is 1.60. The van der Waals surface area contributed by atoms with Gasteiger partial charge in [0.05, 0.1) is 0 Å². The van der Waals surface area contributed by atoms with Crippen molar-refractivity contribution in [3.8, 4) is 5.75 Å². The molecular formula is C15H24N2O2. The Hall–Kier alpha value is -1.55. The van der Waals surface area contributed by atoms with Crippen LogP contribution in [-0.4, -0.2) is 18.1 Å². The quantitative estimate of drug-likeness (QED) is 0.827. The van der Waals surface area contributed by atoms with E-state index in [1.54, 1.807) is 6.92 Å². The van der Waals surface area contributed by atoms with Crippen molar-refractivity contribution in [2.45, 2.75) is 52.8 Å². The van der Waals surface area contributed by atoms with Gasteiger partial charge in [-0.3, -0.25) is 4.79 Å². The van der Waals surface area contributed by atoms with E-state index in [0.29, 0.717) is 6.54 Å². The van der Waals surface area contributed by atoms with Crippen molar-refractivity contribution in [3.05, 3.63) is 29.3 Å². The van der Waals surface area contributed by atoms with Crippen LogP contribution in [-0.2, 0) is 11.3 Å². The molecule has 0 aliphatic rings. The summed E-state index contributed by atoms with van der Waals surface area (Å²) < 4.78 is 5.73. The van der Waals surface area contributed by atoms with Crippen molar-refractivity contribution in [1.29, 1.82) is 0 Å². The lowest BCUT2D eigenvalue weighted by Crippen LogP contribution is -2.41. The molecule has 2 atom stereocenters. The predicted octanol–water partition coefficient (Wildman–Crippen LogP) is 2.14. The molecule has 0 bridgehead atoms. The molecule has 1 aromatic rings. The van der Waals surface area contributed by atoms with Crippen LogP contribution in [0.3, 0.4) is 0 Å². The number of nitrogens with one attached hydrogen (secondary N) is 1. The van der Waals surface area contributed by atoms with Gasteiger partial charge in [-0.25, -0.2) is 0 Å². The molecule has 19 heavy (non-hydrogen) atoms. The second-order valence-electron chi connectivity index (χ2n) is 4.88. The van der Waals surface area contributed by atoms with Crippen LogP contribution in [0.15, 0.2) is 18.2 Å². The second kappa shape index (κ2) is 7.14. The van der Waals surface area contributed by atoms with Crippen LogP contribution in [0, 0.1) is 6.92 Å². The highest BCUT2D eigenvalue weighted by Crippen LogP contribution is 2.20. The summed E-state index contributed by atoms with van der Waals surface area (Å²) in [4.78, 5) is 11.9. The van der Waals surface area contributed by atoms with E-state index in [1.807, 2.05) is 39.0 Å². The molecular weight excluding hydrogens is 240 g/mol. The highest BCUT2D eigenvalue weighted by atomic mass is 16.5. The topological polar surface area (TPSA) is 64.3 Å². The summed E-state index contributed by atoms with van der Waals surface area (Å²) in [5.41, 5.74) is 7.60. The number of carbonyl (C=O) groups is 1. The van der Waals surface area contributed by atoms with E-state index in [1.165, 1.54) is 0 Å². The summed E-state index contributed by atoms with van der Waals surface area (Å²) >= 11 is 0. The van der Waals surface area contributed by atoms with Crippen molar-refractivity contribution >= 4 is 5.91 Å². The first-order valence-electron chi connectivity index (χ1n) is 6.74. The summed E-state index contributed by atoms with van der Waals surface area (Å²) in [6, 6.07) is 5.97. The molecule has 0 aliphatic heterocycles. The van der Waals surface area contributed by atoms with E-state index in [9.17, 15) is 4.79 Å². The molecule has 0 spiro atoms. The van der Waals surface area contributed by atoms with E-state index in [4.69, 9.17) is 10.5 Å². The van der Waals surface area contributed by atoms with Gasteiger partial charge in [-0.2, -0.15) is 0 Å². The normalized spacial score (nSPS) is 13.7. The van der Waals surface area contributed by atoms with Gasteiger partial charge < -0.3 is 15.8 Å². The van der Waals surface area contributed by atoms with Crippen molar-refractivity contribution in [2.24, 2.45) is 5.73 Å². The summed E-state index contributed by atoms with van der Waals surface area (Å²) in [6.45, 7) is 8.18. The molecule has 0 saturated carbocycles. The standard InChI is InChI=1S/C15H24N2O2/c1-5-11(3)17-15(18)12(4)19-14-8-13(9-16)7-6-10(14)2/h6-8,11-12H,5,9,16H2,1-4H3,(H,17,18). The Bertz CT molecular complexity index is 432. The number of hydrogen-bond acceptors (Lipinski definition) is 3. The summed E-state index contributed by atoms with van der Waals surface area (Å²) in [5.74, 6) is 0.627. The molecule has 0 saturated heterocycles. The first-order valence-corrected chi connectivity index (χ1v) is 6.74. The number of ether oxygens (including phenoxy) is 1. The van der Waals surface area contributed by atoms with E-state index in [-0.39, 0.29) is 11.9 Å². The molecule has 0 radical (unpaired) electrons. The maximum Gasteiger partial charge on any atom is 0.260 e. The lowest BCUT2D eigenvalue weighted by atomic mass is 10.1. The SMILES string of the molecule is CCC(C)NC(=O)C(C)Oc1cc(CN)ccc1C. The first-order chi connectivity index (χ1) is 8.97. The number of aryl methyl sites for hydroxylation is 1. The fourth-order valence-corrected chi connectivity index (χ4v) is 1.60. The van der Waals surface area contributed by atoms with E-state index in [0.717, 1.165) is 23.3 Å². The Morgan fingerprint density at radius 3 is 2.68 bits per heavy atom.